The monoisotopic (exact) mass is 215 g/mol. The van der Waals surface area contributed by atoms with E-state index in [0.717, 1.165) is 0 Å². The van der Waals surface area contributed by atoms with Crippen LogP contribution in [-0.4, -0.2) is 9.78 Å². The standard InChI is InChI=1S/C13H17N3/c1-9-6-10(2)8-12(7-9)11(3)16-13(14)4-5-15-16/h4-8,11H,14H2,1-3H3. The fraction of sp³-hybridized carbons (Fsp3) is 0.308. The zero-order valence-electron chi connectivity index (χ0n) is 9.94. The molecule has 0 saturated carbocycles. The second-order valence-corrected chi connectivity index (χ2v) is 4.30. The van der Waals surface area contributed by atoms with E-state index < -0.39 is 0 Å². The number of aromatic nitrogens is 2. The Labute approximate surface area is 95.9 Å². The quantitative estimate of drug-likeness (QED) is 0.837. The van der Waals surface area contributed by atoms with Crippen LogP contribution in [-0.2, 0) is 0 Å². The van der Waals surface area contributed by atoms with Crippen LogP contribution in [0.2, 0.25) is 0 Å². The van der Waals surface area contributed by atoms with E-state index in [1.807, 2.05) is 10.7 Å². The van der Waals surface area contributed by atoms with Gasteiger partial charge in [-0.05, 0) is 32.4 Å². The minimum atomic E-state index is 0.175. The summed E-state index contributed by atoms with van der Waals surface area (Å²) in [4.78, 5) is 0. The van der Waals surface area contributed by atoms with E-state index in [0.29, 0.717) is 5.82 Å². The normalized spacial score (nSPS) is 12.7. The fourth-order valence-corrected chi connectivity index (χ4v) is 2.04. The Morgan fingerprint density at radius 1 is 1.19 bits per heavy atom. The van der Waals surface area contributed by atoms with Gasteiger partial charge >= 0.3 is 0 Å². The Bertz CT molecular complexity index is 479. The summed E-state index contributed by atoms with van der Waals surface area (Å²) < 4.78 is 1.84. The van der Waals surface area contributed by atoms with Crippen molar-refractivity contribution >= 4 is 5.82 Å². The third-order valence-electron chi connectivity index (χ3n) is 2.79. The van der Waals surface area contributed by atoms with Gasteiger partial charge in [0.2, 0.25) is 0 Å². The van der Waals surface area contributed by atoms with E-state index in [1.165, 1.54) is 16.7 Å². The van der Waals surface area contributed by atoms with Crippen molar-refractivity contribution in [3.05, 3.63) is 47.2 Å². The molecule has 3 nitrogen and oxygen atoms in total. The average molecular weight is 215 g/mol. The van der Waals surface area contributed by atoms with Crippen molar-refractivity contribution < 1.29 is 0 Å². The first-order valence-corrected chi connectivity index (χ1v) is 5.45. The van der Waals surface area contributed by atoms with Gasteiger partial charge < -0.3 is 5.73 Å². The summed E-state index contributed by atoms with van der Waals surface area (Å²) in [6, 6.07) is 8.52. The first kappa shape index (κ1) is 10.7. The van der Waals surface area contributed by atoms with E-state index in [4.69, 9.17) is 5.73 Å². The number of rotatable bonds is 2. The molecule has 1 unspecified atom stereocenters. The Balaban J connectivity index is 2.41. The molecule has 1 aromatic carbocycles. The van der Waals surface area contributed by atoms with Crippen molar-refractivity contribution in [3.8, 4) is 0 Å². The van der Waals surface area contributed by atoms with Gasteiger partial charge in [0.1, 0.15) is 5.82 Å². The van der Waals surface area contributed by atoms with Crippen LogP contribution in [0.5, 0.6) is 0 Å². The lowest BCUT2D eigenvalue weighted by Crippen LogP contribution is -2.11. The third-order valence-corrected chi connectivity index (χ3v) is 2.79. The SMILES string of the molecule is Cc1cc(C)cc(C(C)n2nccc2N)c1. The van der Waals surface area contributed by atoms with Crippen LogP contribution in [0, 0.1) is 13.8 Å². The molecule has 16 heavy (non-hydrogen) atoms. The van der Waals surface area contributed by atoms with Crippen LogP contribution in [0.1, 0.15) is 29.7 Å². The lowest BCUT2D eigenvalue weighted by atomic mass is 10.0. The van der Waals surface area contributed by atoms with Crippen LogP contribution in [0.15, 0.2) is 30.5 Å². The number of nitrogen functional groups attached to an aromatic ring is 1. The van der Waals surface area contributed by atoms with Crippen molar-refractivity contribution in [1.29, 1.82) is 0 Å². The highest BCUT2D eigenvalue weighted by atomic mass is 15.3. The molecule has 84 valence electrons. The van der Waals surface area contributed by atoms with Crippen molar-refractivity contribution in [1.82, 2.24) is 9.78 Å². The largest absolute Gasteiger partial charge is 0.384 e. The Morgan fingerprint density at radius 2 is 1.81 bits per heavy atom. The number of hydrogen-bond donors (Lipinski definition) is 1. The Kier molecular flexibility index (Phi) is 2.69. The van der Waals surface area contributed by atoms with Crippen LogP contribution in [0.25, 0.3) is 0 Å². The third kappa shape index (κ3) is 1.94. The van der Waals surface area contributed by atoms with Gasteiger partial charge in [-0.25, -0.2) is 4.68 Å². The minimum absolute atomic E-state index is 0.175. The molecule has 1 atom stereocenters. The first-order valence-electron chi connectivity index (χ1n) is 5.45. The van der Waals surface area contributed by atoms with Crippen LogP contribution in [0.3, 0.4) is 0 Å². The number of hydrogen-bond acceptors (Lipinski definition) is 2. The highest BCUT2D eigenvalue weighted by molar-refractivity contribution is 5.34. The van der Waals surface area contributed by atoms with Gasteiger partial charge in [-0.1, -0.05) is 29.3 Å². The lowest BCUT2D eigenvalue weighted by molar-refractivity contribution is 0.572. The molecule has 0 fully saturated rings. The average Bonchev–Trinajstić information content (AvgIpc) is 2.62. The number of nitrogens with two attached hydrogens (primary N) is 1. The Hall–Kier alpha value is -1.77. The van der Waals surface area contributed by atoms with E-state index in [-0.39, 0.29) is 6.04 Å². The first-order chi connectivity index (χ1) is 7.58. The summed E-state index contributed by atoms with van der Waals surface area (Å²) in [5.41, 5.74) is 9.64. The summed E-state index contributed by atoms with van der Waals surface area (Å²) >= 11 is 0. The molecule has 0 saturated heterocycles. The van der Waals surface area contributed by atoms with Crippen LogP contribution < -0.4 is 5.73 Å². The summed E-state index contributed by atoms with van der Waals surface area (Å²) in [6.45, 7) is 6.32. The molecule has 2 N–H and O–H groups in total. The second-order valence-electron chi connectivity index (χ2n) is 4.30. The molecule has 0 amide bonds. The van der Waals surface area contributed by atoms with E-state index in [2.05, 4.69) is 44.1 Å². The lowest BCUT2D eigenvalue weighted by Gasteiger charge is -2.15. The molecule has 0 aliphatic heterocycles. The molecule has 1 aromatic heterocycles. The van der Waals surface area contributed by atoms with Gasteiger partial charge in [0.25, 0.3) is 0 Å². The maximum Gasteiger partial charge on any atom is 0.122 e. The number of aryl methyl sites for hydroxylation is 2. The topological polar surface area (TPSA) is 43.8 Å². The van der Waals surface area contributed by atoms with Gasteiger partial charge in [-0.15, -0.1) is 0 Å². The molecule has 3 heteroatoms. The van der Waals surface area contributed by atoms with E-state index in [9.17, 15) is 0 Å². The molecule has 0 spiro atoms. The number of benzene rings is 1. The maximum atomic E-state index is 5.86. The molecule has 2 rings (SSSR count). The maximum absolute atomic E-state index is 5.86. The summed E-state index contributed by atoms with van der Waals surface area (Å²) in [5, 5.41) is 4.24. The van der Waals surface area contributed by atoms with E-state index in [1.54, 1.807) is 6.20 Å². The van der Waals surface area contributed by atoms with Crippen LogP contribution >= 0.6 is 0 Å². The highest BCUT2D eigenvalue weighted by Crippen LogP contribution is 2.22. The highest BCUT2D eigenvalue weighted by Gasteiger charge is 2.11. The summed E-state index contributed by atoms with van der Waals surface area (Å²) in [6.07, 6.45) is 1.73. The molecular weight excluding hydrogens is 198 g/mol. The van der Waals surface area contributed by atoms with Crippen LogP contribution in [0.4, 0.5) is 5.82 Å². The van der Waals surface area contributed by atoms with E-state index >= 15 is 0 Å². The zero-order chi connectivity index (χ0) is 11.7. The zero-order valence-corrected chi connectivity index (χ0v) is 9.94. The predicted octanol–water partition coefficient (Wildman–Crippen LogP) is 2.69. The fourth-order valence-electron chi connectivity index (χ4n) is 2.04. The molecule has 1 heterocycles. The molecular formula is C13H17N3. The van der Waals surface area contributed by atoms with Gasteiger partial charge in [-0.2, -0.15) is 5.10 Å². The second kappa shape index (κ2) is 4.00. The molecule has 0 radical (unpaired) electrons. The minimum Gasteiger partial charge on any atom is -0.384 e. The molecule has 2 aromatic rings. The molecule has 0 aliphatic rings. The summed E-state index contributed by atoms with van der Waals surface area (Å²) in [5.74, 6) is 0.701. The van der Waals surface area contributed by atoms with Gasteiger partial charge in [0, 0.05) is 0 Å². The van der Waals surface area contributed by atoms with Crippen molar-refractivity contribution in [3.63, 3.8) is 0 Å². The number of nitrogens with zero attached hydrogens (tertiary/aromatic N) is 2. The van der Waals surface area contributed by atoms with Crippen molar-refractivity contribution in [2.24, 2.45) is 0 Å². The number of anilines is 1. The van der Waals surface area contributed by atoms with Crippen molar-refractivity contribution in [2.45, 2.75) is 26.8 Å². The molecule has 0 aliphatic carbocycles. The summed E-state index contributed by atoms with van der Waals surface area (Å²) in [7, 11) is 0. The van der Waals surface area contributed by atoms with Gasteiger partial charge in [0.05, 0.1) is 12.2 Å². The smallest absolute Gasteiger partial charge is 0.122 e. The molecule has 0 bridgehead atoms. The van der Waals surface area contributed by atoms with Crippen molar-refractivity contribution in [2.75, 3.05) is 5.73 Å². The Morgan fingerprint density at radius 3 is 2.31 bits per heavy atom. The van der Waals surface area contributed by atoms with Gasteiger partial charge in [0.15, 0.2) is 0 Å². The van der Waals surface area contributed by atoms with Gasteiger partial charge in [-0.3, -0.25) is 0 Å². The predicted molar refractivity (Wildman–Crippen MR) is 66.4 cm³/mol.